The highest BCUT2D eigenvalue weighted by atomic mass is 16.4. The standard InChI is InChI=1S/C17H23NO3/c1-5-10-17(3,4)18-16(21)14-7-6-13(12(2)11-14)8-9-15(19)20/h6-9,11H,5,10H2,1-4H3,(H,18,21)(H,19,20)/b9-8+. The fraction of sp³-hybridized carbons (Fsp3) is 0.412. The van der Waals surface area contributed by atoms with Crippen molar-refractivity contribution in [2.24, 2.45) is 0 Å². The van der Waals surface area contributed by atoms with Gasteiger partial charge < -0.3 is 10.4 Å². The molecule has 0 atom stereocenters. The minimum Gasteiger partial charge on any atom is -0.478 e. The Morgan fingerprint density at radius 2 is 2.00 bits per heavy atom. The summed E-state index contributed by atoms with van der Waals surface area (Å²) in [6.45, 7) is 7.95. The Kier molecular flexibility index (Phi) is 5.70. The second-order valence-electron chi connectivity index (χ2n) is 5.83. The van der Waals surface area contributed by atoms with Crippen molar-refractivity contribution in [3.8, 4) is 0 Å². The summed E-state index contributed by atoms with van der Waals surface area (Å²) >= 11 is 0. The summed E-state index contributed by atoms with van der Waals surface area (Å²) in [5.74, 6) is -1.09. The van der Waals surface area contributed by atoms with Crippen LogP contribution in [0, 0.1) is 6.92 Å². The van der Waals surface area contributed by atoms with Gasteiger partial charge in [0.15, 0.2) is 0 Å². The summed E-state index contributed by atoms with van der Waals surface area (Å²) in [5, 5.41) is 11.7. The van der Waals surface area contributed by atoms with Crippen molar-refractivity contribution in [2.75, 3.05) is 0 Å². The number of amides is 1. The van der Waals surface area contributed by atoms with E-state index in [1.54, 1.807) is 18.2 Å². The van der Waals surface area contributed by atoms with E-state index in [2.05, 4.69) is 12.2 Å². The first-order chi connectivity index (χ1) is 9.75. The fourth-order valence-corrected chi connectivity index (χ4v) is 2.23. The number of carboxylic acids is 1. The minimum atomic E-state index is -0.988. The molecule has 0 unspecified atom stereocenters. The Morgan fingerprint density at radius 3 is 2.52 bits per heavy atom. The van der Waals surface area contributed by atoms with Gasteiger partial charge in [-0.2, -0.15) is 0 Å². The van der Waals surface area contributed by atoms with Crippen LogP contribution in [0.4, 0.5) is 0 Å². The van der Waals surface area contributed by atoms with Crippen LogP contribution < -0.4 is 5.32 Å². The number of nitrogens with one attached hydrogen (secondary N) is 1. The molecule has 2 N–H and O–H groups in total. The Morgan fingerprint density at radius 1 is 1.33 bits per heavy atom. The molecule has 0 saturated carbocycles. The van der Waals surface area contributed by atoms with E-state index < -0.39 is 5.97 Å². The zero-order valence-electron chi connectivity index (χ0n) is 13.1. The molecule has 1 amide bonds. The van der Waals surface area contributed by atoms with Gasteiger partial charge in [-0.25, -0.2) is 4.79 Å². The predicted octanol–water partition coefficient (Wildman–Crippen LogP) is 3.40. The smallest absolute Gasteiger partial charge is 0.328 e. The third-order valence-electron chi connectivity index (χ3n) is 3.26. The maximum Gasteiger partial charge on any atom is 0.328 e. The Bertz CT molecular complexity index is 559. The third kappa shape index (κ3) is 5.42. The van der Waals surface area contributed by atoms with Gasteiger partial charge in [-0.3, -0.25) is 4.79 Å². The van der Waals surface area contributed by atoms with E-state index in [1.165, 1.54) is 6.08 Å². The van der Waals surface area contributed by atoms with Crippen LogP contribution in [-0.4, -0.2) is 22.5 Å². The minimum absolute atomic E-state index is 0.106. The number of carboxylic acid groups (broad SMARTS) is 1. The van der Waals surface area contributed by atoms with Crippen LogP contribution >= 0.6 is 0 Å². The largest absolute Gasteiger partial charge is 0.478 e. The highest BCUT2D eigenvalue weighted by Crippen LogP contribution is 2.16. The van der Waals surface area contributed by atoms with Crippen molar-refractivity contribution in [3.63, 3.8) is 0 Å². The average Bonchev–Trinajstić information content (AvgIpc) is 2.36. The topological polar surface area (TPSA) is 66.4 Å². The van der Waals surface area contributed by atoms with E-state index in [0.29, 0.717) is 5.56 Å². The number of hydrogen-bond donors (Lipinski definition) is 2. The molecular weight excluding hydrogens is 266 g/mol. The molecule has 0 saturated heterocycles. The van der Waals surface area contributed by atoms with Gasteiger partial charge in [0.25, 0.3) is 5.91 Å². The van der Waals surface area contributed by atoms with Gasteiger partial charge in [0, 0.05) is 17.2 Å². The van der Waals surface area contributed by atoms with E-state index >= 15 is 0 Å². The normalized spacial score (nSPS) is 11.6. The summed E-state index contributed by atoms with van der Waals surface area (Å²) in [4.78, 5) is 22.8. The van der Waals surface area contributed by atoms with Crippen LogP contribution in [0.1, 0.15) is 55.1 Å². The molecule has 21 heavy (non-hydrogen) atoms. The Labute approximate surface area is 125 Å². The summed E-state index contributed by atoms with van der Waals surface area (Å²) in [6, 6.07) is 5.25. The number of aryl methyl sites for hydroxylation is 1. The molecule has 1 aromatic carbocycles. The number of carbonyl (C=O) groups is 2. The lowest BCUT2D eigenvalue weighted by Gasteiger charge is -2.25. The maximum absolute atomic E-state index is 12.2. The number of hydrogen-bond acceptors (Lipinski definition) is 2. The number of rotatable bonds is 6. The van der Waals surface area contributed by atoms with Crippen LogP contribution in [0.25, 0.3) is 6.08 Å². The van der Waals surface area contributed by atoms with Crippen molar-refractivity contribution < 1.29 is 14.7 Å². The SMILES string of the molecule is CCCC(C)(C)NC(=O)c1ccc(/C=C/C(=O)O)c(C)c1. The second kappa shape index (κ2) is 7.07. The molecule has 0 aliphatic rings. The van der Waals surface area contributed by atoms with Crippen LogP contribution in [-0.2, 0) is 4.79 Å². The summed E-state index contributed by atoms with van der Waals surface area (Å²) in [6.07, 6.45) is 4.54. The van der Waals surface area contributed by atoms with Gasteiger partial charge in [0.2, 0.25) is 0 Å². The van der Waals surface area contributed by atoms with Crippen LogP contribution in [0.2, 0.25) is 0 Å². The van der Waals surface area contributed by atoms with Crippen LogP contribution in [0.15, 0.2) is 24.3 Å². The number of aliphatic carboxylic acids is 1. The van der Waals surface area contributed by atoms with Gasteiger partial charge in [0.1, 0.15) is 0 Å². The van der Waals surface area contributed by atoms with Crippen LogP contribution in [0.3, 0.4) is 0 Å². The van der Waals surface area contributed by atoms with Crippen molar-refractivity contribution in [1.82, 2.24) is 5.32 Å². The van der Waals surface area contributed by atoms with E-state index in [9.17, 15) is 9.59 Å². The van der Waals surface area contributed by atoms with Crippen molar-refractivity contribution in [3.05, 3.63) is 41.0 Å². The van der Waals surface area contributed by atoms with Crippen LogP contribution in [0.5, 0.6) is 0 Å². The lowest BCUT2D eigenvalue weighted by atomic mass is 9.97. The molecular formula is C17H23NO3. The molecule has 0 aliphatic heterocycles. The van der Waals surface area contributed by atoms with E-state index in [0.717, 1.165) is 30.0 Å². The molecule has 1 aromatic rings. The van der Waals surface area contributed by atoms with Crippen molar-refractivity contribution >= 4 is 18.0 Å². The molecule has 0 heterocycles. The van der Waals surface area contributed by atoms with Gasteiger partial charge in [-0.05, 0) is 56.5 Å². The van der Waals surface area contributed by atoms with Gasteiger partial charge >= 0.3 is 5.97 Å². The summed E-state index contributed by atoms with van der Waals surface area (Å²) < 4.78 is 0. The average molecular weight is 289 g/mol. The monoisotopic (exact) mass is 289 g/mol. The summed E-state index contributed by atoms with van der Waals surface area (Å²) in [5.41, 5.74) is 2.01. The summed E-state index contributed by atoms with van der Waals surface area (Å²) in [7, 11) is 0. The Hall–Kier alpha value is -2.10. The molecule has 0 radical (unpaired) electrons. The first-order valence-corrected chi connectivity index (χ1v) is 7.09. The first-order valence-electron chi connectivity index (χ1n) is 7.09. The van der Waals surface area contributed by atoms with E-state index in [1.807, 2.05) is 20.8 Å². The second-order valence-corrected chi connectivity index (χ2v) is 5.83. The van der Waals surface area contributed by atoms with E-state index in [4.69, 9.17) is 5.11 Å². The molecule has 4 nitrogen and oxygen atoms in total. The fourth-order valence-electron chi connectivity index (χ4n) is 2.23. The maximum atomic E-state index is 12.2. The molecule has 0 bridgehead atoms. The molecule has 0 spiro atoms. The Balaban J connectivity index is 2.88. The molecule has 0 fully saturated rings. The third-order valence-corrected chi connectivity index (χ3v) is 3.26. The highest BCUT2D eigenvalue weighted by Gasteiger charge is 2.20. The van der Waals surface area contributed by atoms with E-state index in [-0.39, 0.29) is 11.4 Å². The zero-order valence-corrected chi connectivity index (χ0v) is 13.1. The highest BCUT2D eigenvalue weighted by molar-refractivity contribution is 5.95. The number of carbonyl (C=O) groups excluding carboxylic acids is 1. The molecule has 1 rings (SSSR count). The van der Waals surface area contributed by atoms with Gasteiger partial charge in [-0.1, -0.05) is 19.4 Å². The lowest BCUT2D eigenvalue weighted by Crippen LogP contribution is -2.43. The predicted molar refractivity (Wildman–Crippen MR) is 84.3 cm³/mol. The van der Waals surface area contributed by atoms with Gasteiger partial charge in [0.05, 0.1) is 0 Å². The molecule has 0 aliphatic carbocycles. The van der Waals surface area contributed by atoms with Crippen molar-refractivity contribution in [1.29, 1.82) is 0 Å². The zero-order chi connectivity index (χ0) is 16.0. The molecule has 4 heteroatoms. The van der Waals surface area contributed by atoms with Crippen molar-refractivity contribution in [2.45, 2.75) is 46.1 Å². The van der Waals surface area contributed by atoms with Gasteiger partial charge in [-0.15, -0.1) is 0 Å². The molecule has 0 aromatic heterocycles. The quantitative estimate of drug-likeness (QED) is 0.789. The first kappa shape index (κ1) is 17.0. The lowest BCUT2D eigenvalue weighted by molar-refractivity contribution is -0.131. The number of benzene rings is 1. The molecule has 114 valence electrons.